The van der Waals surface area contributed by atoms with Gasteiger partial charge in [0.05, 0.1) is 12.4 Å². The zero-order chi connectivity index (χ0) is 16.8. The molecule has 0 aliphatic carbocycles. The molecule has 0 aliphatic heterocycles. The number of halogens is 2. The minimum absolute atomic E-state index is 0.0464. The molecule has 0 aromatic carbocycles. The molecule has 0 N–H and O–H groups in total. The van der Waals surface area contributed by atoms with Gasteiger partial charge in [-0.15, -0.1) is 11.3 Å². The molecule has 2 aromatic heterocycles. The van der Waals surface area contributed by atoms with Gasteiger partial charge in [-0.3, -0.25) is 9.59 Å². The molecule has 120 valence electrons. The largest absolute Gasteiger partial charge is 0.448 e. The van der Waals surface area contributed by atoms with Gasteiger partial charge in [-0.05, 0) is 0 Å². The van der Waals surface area contributed by atoms with Crippen molar-refractivity contribution < 1.29 is 14.3 Å². The Morgan fingerprint density at radius 2 is 2.22 bits per heavy atom. The van der Waals surface area contributed by atoms with Crippen LogP contribution in [0.1, 0.15) is 23.8 Å². The van der Waals surface area contributed by atoms with Crippen LogP contribution in [0.4, 0.5) is 5.13 Å². The van der Waals surface area contributed by atoms with Crippen LogP contribution in [0, 0.1) is 0 Å². The van der Waals surface area contributed by atoms with Crippen molar-refractivity contribution in [3.8, 4) is 0 Å². The van der Waals surface area contributed by atoms with E-state index in [2.05, 4.69) is 19.9 Å². The van der Waals surface area contributed by atoms with Gasteiger partial charge in [-0.1, -0.05) is 30.1 Å². The molecule has 0 saturated carbocycles. The monoisotopic (exact) mass is 372 g/mol. The van der Waals surface area contributed by atoms with Crippen LogP contribution in [0.2, 0.25) is 10.3 Å². The number of ether oxygens (including phenoxy) is 1. The van der Waals surface area contributed by atoms with E-state index in [0.29, 0.717) is 5.13 Å². The molecular weight excluding hydrogens is 363 g/mol. The normalized spacial score (nSPS) is 12.3. The summed E-state index contributed by atoms with van der Waals surface area (Å²) in [4.78, 5) is 39.5. The second-order valence-corrected chi connectivity index (χ2v) is 5.67. The molecule has 2 heterocycles. The summed E-state index contributed by atoms with van der Waals surface area (Å²) < 4.78 is 5.08. The maximum Gasteiger partial charge on any atom is 0.306 e. The summed E-state index contributed by atoms with van der Waals surface area (Å²) in [5.41, 5.74) is -0.157. The van der Waals surface area contributed by atoms with Gasteiger partial charge in [0.1, 0.15) is 10.8 Å². The van der Waals surface area contributed by atoms with Crippen molar-refractivity contribution in [1.29, 1.82) is 0 Å². The average Bonchev–Trinajstić information content (AvgIpc) is 3.04. The van der Waals surface area contributed by atoms with E-state index in [-0.39, 0.29) is 22.4 Å². The molecule has 23 heavy (non-hydrogen) atoms. The maximum atomic E-state index is 12.5. The van der Waals surface area contributed by atoms with E-state index in [1.807, 2.05) is 0 Å². The van der Waals surface area contributed by atoms with Crippen LogP contribution in [-0.4, -0.2) is 39.0 Å². The number of nitrogens with zero attached hydrogens (tertiary/aromatic N) is 4. The van der Waals surface area contributed by atoms with Gasteiger partial charge in [-0.2, -0.15) is 0 Å². The van der Waals surface area contributed by atoms with Gasteiger partial charge in [0.25, 0.3) is 0 Å². The van der Waals surface area contributed by atoms with Crippen molar-refractivity contribution in [2.75, 3.05) is 0 Å². The highest BCUT2D eigenvalue weighted by atomic mass is 35.5. The standard InChI is InChI=1S/C13H10Cl2N4O3S/c1-2-9(20)22-7(5-18-13-16-3-4-23-13)11(21)10-12(15)19-8(14)6-17-10/h3-7H,2H2,1H3. The molecule has 0 radical (unpaired) electrons. The van der Waals surface area contributed by atoms with E-state index in [0.717, 1.165) is 0 Å². The SMILES string of the molecule is CCC(=O)OC(C=Nc1nccs1)C(=O)c1ncc(Cl)nc1Cl. The Morgan fingerprint density at radius 1 is 1.43 bits per heavy atom. The number of esters is 1. The summed E-state index contributed by atoms with van der Waals surface area (Å²) in [6.45, 7) is 1.61. The molecule has 0 fully saturated rings. The van der Waals surface area contributed by atoms with Crippen LogP contribution in [-0.2, 0) is 9.53 Å². The Morgan fingerprint density at radius 3 is 2.83 bits per heavy atom. The lowest BCUT2D eigenvalue weighted by molar-refractivity contribution is -0.144. The van der Waals surface area contributed by atoms with Gasteiger partial charge >= 0.3 is 5.97 Å². The van der Waals surface area contributed by atoms with Crippen LogP contribution in [0.5, 0.6) is 0 Å². The summed E-state index contributed by atoms with van der Waals surface area (Å²) in [5.74, 6) is -1.21. The maximum absolute atomic E-state index is 12.5. The van der Waals surface area contributed by atoms with Crippen molar-refractivity contribution in [2.45, 2.75) is 19.4 Å². The second kappa shape index (κ2) is 8.09. The number of hydrogen-bond donors (Lipinski definition) is 0. The third-order valence-corrected chi connectivity index (χ3v) is 3.60. The molecule has 0 bridgehead atoms. The highest BCUT2D eigenvalue weighted by Crippen LogP contribution is 2.18. The van der Waals surface area contributed by atoms with Gasteiger partial charge in [0.15, 0.2) is 5.15 Å². The van der Waals surface area contributed by atoms with Gasteiger partial charge < -0.3 is 4.74 Å². The van der Waals surface area contributed by atoms with Gasteiger partial charge in [-0.25, -0.2) is 19.9 Å². The molecule has 7 nitrogen and oxygen atoms in total. The first kappa shape index (κ1) is 17.5. The molecule has 1 atom stereocenters. The molecular formula is C13H10Cl2N4O3S. The predicted molar refractivity (Wildman–Crippen MR) is 86.8 cm³/mol. The summed E-state index contributed by atoms with van der Waals surface area (Å²) in [7, 11) is 0. The fourth-order valence-corrected chi connectivity index (χ4v) is 2.33. The third-order valence-electron chi connectivity index (χ3n) is 2.48. The molecule has 1 unspecified atom stereocenters. The second-order valence-electron chi connectivity index (χ2n) is 4.05. The molecule has 0 aliphatic rings. The third kappa shape index (κ3) is 4.78. The van der Waals surface area contributed by atoms with Crippen molar-refractivity contribution in [2.24, 2.45) is 4.99 Å². The van der Waals surface area contributed by atoms with Crippen LogP contribution in [0.25, 0.3) is 0 Å². The Hall–Kier alpha value is -1.90. The first-order valence-corrected chi connectivity index (χ1v) is 8.00. The highest BCUT2D eigenvalue weighted by Gasteiger charge is 2.26. The smallest absolute Gasteiger partial charge is 0.306 e. The summed E-state index contributed by atoms with van der Waals surface area (Å²) in [6, 6.07) is 0. The molecule has 0 saturated heterocycles. The Kier molecular flexibility index (Phi) is 6.14. The lowest BCUT2D eigenvalue weighted by Crippen LogP contribution is -2.29. The fourth-order valence-electron chi connectivity index (χ4n) is 1.43. The van der Waals surface area contributed by atoms with Crippen molar-refractivity contribution in [3.05, 3.63) is 33.8 Å². The van der Waals surface area contributed by atoms with E-state index < -0.39 is 17.9 Å². The molecule has 10 heteroatoms. The average molecular weight is 373 g/mol. The van der Waals surface area contributed by atoms with Crippen LogP contribution in [0.3, 0.4) is 0 Å². The van der Waals surface area contributed by atoms with Crippen molar-refractivity contribution >= 4 is 57.6 Å². The quantitative estimate of drug-likeness (QED) is 0.439. The minimum atomic E-state index is -1.28. The molecule has 0 spiro atoms. The van der Waals surface area contributed by atoms with Gasteiger partial charge in [0, 0.05) is 18.0 Å². The van der Waals surface area contributed by atoms with Crippen LogP contribution in [0.15, 0.2) is 22.8 Å². The first-order chi connectivity index (χ1) is 11.0. The highest BCUT2D eigenvalue weighted by molar-refractivity contribution is 7.13. The molecule has 2 rings (SSSR count). The number of thiazole rings is 1. The zero-order valence-electron chi connectivity index (χ0n) is 11.8. The minimum Gasteiger partial charge on any atom is -0.448 e. The van der Waals surface area contributed by atoms with E-state index in [4.69, 9.17) is 27.9 Å². The number of carbonyl (C=O) groups is 2. The zero-order valence-corrected chi connectivity index (χ0v) is 14.1. The Balaban J connectivity index is 2.28. The van der Waals surface area contributed by atoms with E-state index in [1.165, 1.54) is 23.7 Å². The molecule has 0 amide bonds. The molecule has 2 aromatic rings. The Labute approximate surface area is 145 Å². The number of hydrogen-bond acceptors (Lipinski definition) is 8. The van der Waals surface area contributed by atoms with Gasteiger partial charge in [0.2, 0.25) is 17.0 Å². The van der Waals surface area contributed by atoms with E-state index >= 15 is 0 Å². The topological polar surface area (TPSA) is 94.4 Å². The van der Waals surface area contributed by atoms with E-state index in [1.54, 1.807) is 18.5 Å². The summed E-state index contributed by atoms with van der Waals surface area (Å²) in [6.07, 6.45) is 2.75. The van der Waals surface area contributed by atoms with Crippen molar-refractivity contribution in [3.63, 3.8) is 0 Å². The Bertz CT molecular complexity index is 737. The van der Waals surface area contributed by atoms with Crippen molar-refractivity contribution in [1.82, 2.24) is 15.0 Å². The number of rotatable bonds is 6. The predicted octanol–water partition coefficient (Wildman–Crippen LogP) is 3.15. The number of Topliss-reactive ketones (excluding diaryl/α,β-unsaturated/α-hetero) is 1. The number of aliphatic imine (C=N–C) groups is 1. The number of aromatic nitrogens is 3. The van der Waals surface area contributed by atoms with E-state index in [9.17, 15) is 9.59 Å². The first-order valence-electron chi connectivity index (χ1n) is 6.36. The number of carbonyl (C=O) groups excluding carboxylic acids is 2. The lowest BCUT2D eigenvalue weighted by Gasteiger charge is -2.12. The fraction of sp³-hybridized carbons (Fsp3) is 0.231. The summed E-state index contributed by atoms with van der Waals surface area (Å²) >= 11 is 12.8. The lowest BCUT2D eigenvalue weighted by atomic mass is 10.2. The number of ketones is 1. The van der Waals surface area contributed by atoms with Crippen LogP contribution < -0.4 is 0 Å². The summed E-state index contributed by atoms with van der Waals surface area (Å²) in [5, 5.41) is 2.01. The van der Waals surface area contributed by atoms with Crippen LogP contribution >= 0.6 is 34.5 Å².